The molecule has 0 saturated carbocycles. The molecular weight excluding hydrogens is 220 g/mol. The van der Waals surface area contributed by atoms with E-state index in [0.29, 0.717) is 11.0 Å². The molecule has 0 amide bonds. The molecule has 0 spiro atoms. The number of anilines is 1. The number of hydrogen-bond acceptors (Lipinski definition) is 3. The number of para-hydroxylation sites is 1. The van der Waals surface area contributed by atoms with E-state index in [-0.39, 0.29) is 0 Å². The second kappa shape index (κ2) is 5.27. The van der Waals surface area contributed by atoms with E-state index < -0.39 is 0 Å². The van der Waals surface area contributed by atoms with Crippen LogP contribution < -0.4 is 11.1 Å². The van der Waals surface area contributed by atoms with Gasteiger partial charge in [-0.05, 0) is 25.0 Å². The Morgan fingerprint density at radius 1 is 1.31 bits per heavy atom. The van der Waals surface area contributed by atoms with Crippen LogP contribution in [-0.2, 0) is 4.74 Å². The lowest BCUT2D eigenvalue weighted by Gasteiger charge is -2.25. The Balaban J connectivity index is 2.10. The van der Waals surface area contributed by atoms with Crippen molar-refractivity contribution in [3.63, 3.8) is 0 Å². The molecule has 1 fully saturated rings. The minimum atomic E-state index is 0.440. The number of nitrogens with two attached hydrogens (primary N) is 1. The highest BCUT2D eigenvalue weighted by molar-refractivity contribution is 7.80. The maximum atomic E-state index is 5.69. The van der Waals surface area contributed by atoms with Crippen LogP contribution in [0.5, 0.6) is 0 Å². The van der Waals surface area contributed by atoms with Crippen LogP contribution >= 0.6 is 12.2 Å². The standard InChI is InChI=1S/C12H16N2OS/c13-12(16)10-3-1-2-4-11(10)14-9-5-7-15-8-6-9/h1-4,9,14H,5-8H2,(H2,13,16). The van der Waals surface area contributed by atoms with Crippen molar-refractivity contribution in [3.05, 3.63) is 29.8 Å². The first kappa shape index (κ1) is 11.4. The molecule has 0 radical (unpaired) electrons. The monoisotopic (exact) mass is 236 g/mol. The van der Waals surface area contributed by atoms with Crippen molar-refractivity contribution in [1.82, 2.24) is 0 Å². The van der Waals surface area contributed by atoms with Crippen molar-refractivity contribution in [3.8, 4) is 0 Å². The van der Waals surface area contributed by atoms with E-state index in [4.69, 9.17) is 22.7 Å². The third-order valence-electron chi connectivity index (χ3n) is 2.77. The van der Waals surface area contributed by atoms with Gasteiger partial charge in [0, 0.05) is 30.5 Å². The molecule has 4 heteroatoms. The first-order valence-corrected chi connectivity index (χ1v) is 5.91. The molecule has 0 aliphatic carbocycles. The Morgan fingerprint density at radius 3 is 2.69 bits per heavy atom. The maximum absolute atomic E-state index is 5.69. The van der Waals surface area contributed by atoms with Gasteiger partial charge in [-0.3, -0.25) is 0 Å². The topological polar surface area (TPSA) is 47.3 Å². The lowest BCUT2D eigenvalue weighted by molar-refractivity contribution is 0.0904. The Hall–Kier alpha value is -1.13. The normalized spacial score (nSPS) is 17.0. The second-order valence-electron chi connectivity index (χ2n) is 3.94. The van der Waals surface area contributed by atoms with Gasteiger partial charge >= 0.3 is 0 Å². The number of thiocarbonyl (C=S) groups is 1. The van der Waals surface area contributed by atoms with Crippen LogP contribution in [0.4, 0.5) is 5.69 Å². The predicted molar refractivity (Wildman–Crippen MR) is 69.8 cm³/mol. The molecular formula is C12H16N2OS. The number of rotatable bonds is 3. The SMILES string of the molecule is NC(=S)c1ccccc1NC1CCOCC1. The molecule has 1 aromatic rings. The van der Waals surface area contributed by atoms with Crippen LogP contribution in [0.25, 0.3) is 0 Å². The number of ether oxygens (including phenoxy) is 1. The summed E-state index contributed by atoms with van der Waals surface area (Å²) in [6.45, 7) is 1.65. The zero-order valence-electron chi connectivity index (χ0n) is 9.11. The Morgan fingerprint density at radius 2 is 2.00 bits per heavy atom. The zero-order chi connectivity index (χ0) is 11.4. The van der Waals surface area contributed by atoms with Crippen molar-refractivity contribution in [2.24, 2.45) is 5.73 Å². The van der Waals surface area contributed by atoms with Gasteiger partial charge in [-0.25, -0.2) is 0 Å². The average molecular weight is 236 g/mol. The molecule has 1 heterocycles. The minimum absolute atomic E-state index is 0.440. The minimum Gasteiger partial charge on any atom is -0.389 e. The van der Waals surface area contributed by atoms with Gasteiger partial charge < -0.3 is 15.8 Å². The molecule has 1 saturated heterocycles. The van der Waals surface area contributed by atoms with Crippen molar-refractivity contribution in [2.75, 3.05) is 18.5 Å². The summed E-state index contributed by atoms with van der Waals surface area (Å²) in [4.78, 5) is 0.440. The molecule has 1 aliphatic rings. The molecule has 2 rings (SSSR count). The van der Waals surface area contributed by atoms with Crippen LogP contribution in [-0.4, -0.2) is 24.2 Å². The summed E-state index contributed by atoms with van der Waals surface area (Å²) in [5.74, 6) is 0. The van der Waals surface area contributed by atoms with Gasteiger partial charge in [-0.1, -0.05) is 24.4 Å². The molecule has 0 aromatic heterocycles. The summed E-state index contributed by atoms with van der Waals surface area (Å²) < 4.78 is 5.32. The van der Waals surface area contributed by atoms with Crippen LogP contribution in [0.3, 0.4) is 0 Å². The Labute approximate surface area is 101 Å². The Bertz CT molecular complexity index is 375. The summed E-state index contributed by atoms with van der Waals surface area (Å²) >= 11 is 5.03. The van der Waals surface area contributed by atoms with E-state index >= 15 is 0 Å². The van der Waals surface area contributed by atoms with Gasteiger partial charge in [-0.2, -0.15) is 0 Å². The summed E-state index contributed by atoms with van der Waals surface area (Å²) in [6, 6.07) is 8.37. The van der Waals surface area contributed by atoms with Crippen molar-refractivity contribution in [1.29, 1.82) is 0 Å². The number of benzene rings is 1. The molecule has 3 N–H and O–H groups in total. The van der Waals surface area contributed by atoms with Crippen molar-refractivity contribution < 1.29 is 4.74 Å². The summed E-state index contributed by atoms with van der Waals surface area (Å²) in [5, 5.41) is 3.48. The van der Waals surface area contributed by atoms with E-state index in [1.54, 1.807) is 0 Å². The summed E-state index contributed by atoms with van der Waals surface area (Å²) in [7, 11) is 0. The number of nitrogens with one attached hydrogen (secondary N) is 1. The van der Waals surface area contributed by atoms with Gasteiger partial charge in [0.1, 0.15) is 4.99 Å². The second-order valence-corrected chi connectivity index (χ2v) is 4.38. The summed E-state index contributed by atoms with van der Waals surface area (Å²) in [5.41, 5.74) is 7.64. The van der Waals surface area contributed by atoms with Crippen LogP contribution in [0, 0.1) is 0 Å². The fraction of sp³-hybridized carbons (Fsp3) is 0.417. The van der Waals surface area contributed by atoms with E-state index in [2.05, 4.69) is 5.32 Å². The van der Waals surface area contributed by atoms with Crippen LogP contribution in [0.2, 0.25) is 0 Å². The van der Waals surface area contributed by atoms with Crippen LogP contribution in [0.15, 0.2) is 24.3 Å². The fourth-order valence-electron chi connectivity index (χ4n) is 1.89. The maximum Gasteiger partial charge on any atom is 0.106 e. The van der Waals surface area contributed by atoms with Gasteiger partial charge in [0.05, 0.1) is 0 Å². The third kappa shape index (κ3) is 2.71. The third-order valence-corrected chi connectivity index (χ3v) is 2.99. The molecule has 0 bridgehead atoms. The molecule has 1 aliphatic heterocycles. The van der Waals surface area contributed by atoms with Gasteiger partial charge in [0.2, 0.25) is 0 Å². The lowest BCUT2D eigenvalue weighted by atomic mass is 10.1. The summed E-state index contributed by atoms with van der Waals surface area (Å²) in [6.07, 6.45) is 2.07. The molecule has 0 atom stereocenters. The van der Waals surface area contributed by atoms with Gasteiger partial charge in [-0.15, -0.1) is 0 Å². The van der Waals surface area contributed by atoms with Gasteiger partial charge in [0.15, 0.2) is 0 Å². The van der Waals surface area contributed by atoms with Crippen LogP contribution in [0.1, 0.15) is 18.4 Å². The number of hydrogen-bond donors (Lipinski definition) is 2. The zero-order valence-corrected chi connectivity index (χ0v) is 9.93. The van der Waals surface area contributed by atoms with E-state index in [9.17, 15) is 0 Å². The average Bonchev–Trinajstić information content (AvgIpc) is 2.31. The van der Waals surface area contributed by atoms with Crippen molar-refractivity contribution in [2.45, 2.75) is 18.9 Å². The van der Waals surface area contributed by atoms with E-state index in [1.165, 1.54) is 0 Å². The molecule has 1 aromatic carbocycles. The molecule has 16 heavy (non-hydrogen) atoms. The highest BCUT2D eigenvalue weighted by Gasteiger charge is 2.14. The first-order valence-electron chi connectivity index (χ1n) is 5.50. The molecule has 3 nitrogen and oxygen atoms in total. The smallest absolute Gasteiger partial charge is 0.106 e. The molecule has 86 valence electrons. The largest absolute Gasteiger partial charge is 0.389 e. The highest BCUT2D eigenvalue weighted by Crippen LogP contribution is 2.19. The quantitative estimate of drug-likeness (QED) is 0.787. The predicted octanol–water partition coefficient (Wildman–Crippen LogP) is 1.91. The first-order chi connectivity index (χ1) is 7.77. The molecule has 0 unspecified atom stereocenters. The lowest BCUT2D eigenvalue weighted by Crippen LogP contribution is -2.28. The van der Waals surface area contributed by atoms with E-state index in [0.717, 1.165) is 37.3 Å². The van der Waals surface area contributed by atoms with E-state index in [1.807, 2.05) is 24.3 Å². The Kier molecular flexibility index (Phi) is 3.74. The fourth-order valence-corrected chi connectivity index (χ4v) is 2.06. The highest BCUT2D eigenvalue weighted by atomic mass is 32.1. The van der Waals surface area contributed by atoms with Crippen molar-refractivity contribution >= 4 is 22.9 Å². The van der Waals surface area contributed by atoms with Gasteiger partial charge in [0.25, 0.3) is 0 Å².